The normalized spacial score (nSPS) is 15.9. The van der Waals surface area contributed by atoms with Crippen LogP contribution in [-0.4, -0.2) is 23.9 Å². The van der Waals surface area contributed by atoms with Crippen molar-refractivity contribution in [1.82, 2.24) is 10.2 Å². The summed E-state index contributed by atoms with van der Waals surface area (Å²) in [6.45, 7) is 5.42. The lowest BCUT2D eigenvalue weighted by molar-refractivity contribution is -0.126. The molecule has 0 spiro atoms. The predicted molar refractivity (Wildman–Crippen MR) is 97.4 cm³/mol. The van der Waals surface area contributed by atoms with Crippen LogP contribution in [0.4, 0.5) is 4.39 Å². The lowest BCUT2D eigenvalue weighted by atomic mass is 9.95. The van der Waals surface area contributed by atoms with E-state index >= 15 is 0 Å². The van der Waals surface area contributed by atoms with Gasteiger partial charge < -0.3 is 5.32 Å². The molecule has 0 unspecified atom stereocenters. The highest BCUT2D eigenvalue weighted by Gasteiger charge is 2.24. The van der Waals surface area contributed by atoms with Crippen LogP contribution in [0.1, 0.15) is 29.5 Å². The first kappa shape index (κ1) is 17.6. The average molecular weight is 340 g/mol. The third kappa shape index (κ3) is 5.13. The Labute approximate surface area is 148 Å². The maximum Gasteiger partial charge on any atom is 0.223 e. The van der Waals surface area contributed by atoms with Gasteiger partial charge >= 0.3 is 0 Å². The van der Waals surface area contributed by atoms with Crippen LogP contribution < -0.4 is 5.32 Å². The number of hydrogen-bond acceptors (Lipinski definition) is 2. The van der Waals surface area contributed by atoms with Crippen molar-refractivity contribution in [3.05, 3.63) is 71.0 Å². The Balaban J connectivity index is 1.43. The third-order valence-corrected chi connectivity index (χ3v) is 4.83. The number of rotatable bonds is 5. The SMILES string of the molecule is Cc1cccc(CN2CCC(C(=O)NCc3ccc(F)cc3)CC2)c1. The van der Waals surface area contributed by atoms with Gasteiger partial charge in [0.15, 0.2) is 0 Å². The molecule has 1 N–H and O–H groups in total. The summed E-state index contributed by atoms with van der Waals surface area (Å²) < 4.78 is 12.9. The fraction of sp³-hybridized carbons (Fsp3) is 0.381. The van der Waals surface area contributed by atoms with Crippen LogP contribution in [0.2, 0.25) is 0 Å². The van der Waals surface area contributed by atoms with Crippen LogP contribution in [-0.2, 0) is 17.9 Å². The van der Waals surface area contributed by atoms with E-state index in [9.17, 15) is 9.18 Å². The zero-order valence-corrected chi connectivity index (χ0v) is 14.7. The highest BCUT2D eigenvalue weighted by Crippen LogP contribution is 2.19. The lowest BCUT2D eigenvalue weighted by Crippen LogP contribution is -2.40. The summed E-state index contributed by atoms with van der Waals surface area (Å²) in [6, 6.07) is 14.9. The van der Waals surface area contributed by atoms with Crippen LogP contribution in [0, 0.1) is 18.7 Å². The summed E-state index contributed by atoms with van der Waals surface area (Å²) in [5, 5.41) is 2.98. The lowest BCUT2D eigenvalue weighted by Gasteiger charge is -2.31. The highest BCUT2D eigenvalue weighted by molar-refractivity contribution is 5.78. The molecule has 0 atom stereocenters. The average Bonchev–Trinajstić information content (AvgIpc) is 2.62. The van der Waals surface area contributed by atoms with Crippen molar-refractivity contribution < 1.29 is 9.18 Å². The fourth-order valence-electron chi connectivity index (χ4n) is 3.36. The van der Waals surface area contributed by atoms with Gasteiger partial charge in [0.1, 0.15) is 5.82 Å². The maximum atomic E-state index is 12.9. The Morgan fingerprint density at radius 1 is 1.12 bits per heavy atom. The van der Waals surface area contributed by atoms with E-state index in [1.807, 2.05) is 0 Å². The van der Waals surface area contributed by atoms with E-state index in [0.717, 1.165) is 38.0 Å². The zero-order valence-electron chi connectivity index (χ0n) is 14.7. The zero-order chi connectivity index (χ0) is 17.6. The third-order valence-electron chi connectivity index (χ3n) is 4.83. The first-order valence-corrected chi connectivity index (χ1v) is 8.90. The molecule has 1 saturated heterocycles. The van der Waals surface area contributed by atoms with Gasteiger partial charge in [0, 0.05) is 19.0 Å². The summed E-state index contributed by atoms with van der Waals surface area (Å²) in [5.74, 6) is -0.0650. The molecule has 1 aliphatic heterocycles. The van der Waals surface area contributed by atoms with Gasteiger partial charge in [0.2, 0.25) is 5.91 Å². The fourth-order valence-corrected chi connectivity index (χ4v) is 3.36. The van der Waals surface area contributed by atoms with Gasteiger partial charge in [-0.1, -0.05) is 42.0 Å². The van der Waals surface area contributed by atoms with Crippen molar-refractivity contribution >= 4 is 5.91 Å². The number of likely N-dealkylation sites (tertiary alicyclic amines) is 1. The van der Waals surface area contributed by atoms with Crippen LogP contribution in [0.15, 0.2) is 48.5 Å². The van der Waals surface area contributed by atoms with Crippen LogP contribution in [0.3, 0.4) is 0 Å². The molecule has 2 aromatic carbocycles. The van der Waals surface area contributed by atoms with Crippen LogP contribution in [0.5, 0.6) is 0 Å². The van der Waals surface area contributed by atoms with E-state index in [2.05, 4.69) is 41.4 Å². The second-order valence-corrected chi connectivity index (χ2v) is 6.88. The molecule has 3 rings (SSSR count). The molecule has 1 aliphatic rings. The van der Waals surface area contributed by atoms with Crippen molar-refractivity contribution in [1.29, 1.82) is 0 Å². The number of nitrogens with one attached hydrogen (secondary N) is 1. The van der Waals surface area contributed by atoms with Crippen molar-refractivity contribution in [2.45, 2.75) is 32.9 Å². The van der Waals surface area contributed by atoms with Gasteiger partial charge in [-0.25, -0.2) is 4.39 Å². The van der Waals surface area contributed by atoms with Crippen molar-refractivity contribution in [3.63, 3.8) is 0 Å². The maximum absolute atomic E-state index is 12.9. The molecule has 25 heavy (non-hydrogen) atoms. The number of piperidine rings is 1. The molecule has 0 aliphatic carbocycles. The molecular weight excluding hydrogens is 315 g/mol. The van der Waals surface area contributed by atoms with Crippen LogP contribution >= 0.6 is 0 Å². The van der Waals surface area contributed by atoms with Crippen molar-refractivity contribution in [2.24, 2.45) is 5.92 Å². The number of nitrogens with zero attached hydrogens (tertiary/aromatic N) is 1. The Hall–Kier alpha value is -2.20. The number of aryl methyl sites for hydroxylation is 1. The van der Waals surface area contributed by atoms with E-state index in [0.29, 0.717) is 6.54 Å². The molecule has 132 valence electrons. The molecule has 4 heteroatoms. The van der Waals surface area contributed by atoms with Gasteiger partial charge in [-0.3, -0.25) is 9.69 Å². The standard InChI is InChI=1S/C21H25FN2O/c1-16-3-2-4-18(13-16)15-24-11-9-19(10-12-24)21(25)23-14-17-5-7-20(22)8-6-17/h2-8,13,19H,9-12,14-15H2,1H3,(H,23,25). The molecule has 1 fully saturated rings. The summed E-state index contributed by atoms with van der Waals surface area (Å²) in [4.78, 5) is 14.8. The van der Waals surface area contributed by atoms with E-state index in [-0.39, 0.29) is 17.6 Å². The Kier molecular flexibility index (Phi) is 5.82. The second kappa shape index (κ2) is 8.26. The number of halogens is 1. The van der Waals surface area contributed by atoms with Gasteiger partial charge in [-0.2, -0.15) is 0 Å². The quantitative estimate of drug-likeness (QED) is 0.901. The van der Waals surface area contributed by atoms with E-state index in [1.165, 1.54) is 23.3 Å². The molecular formula is C21H25FN2O. The number of hydrogen-bond donors (Lipinski definition) is 1. The minimum absolute atomic E-state index is 0.0780. The molecule has 2 aromatic rings. The highest BCUT2D eigenvalue weighted by atomic mass is 19.1. The summed E-state index contributed by atoms with van der Waals surface area (Å²) in [6.07, 6.45) is 1.78. The number of amides is 1. The summed E-state index contributed by atoms with van der Waals surface area (Å²) in [7, 11) is 0. The first-order valence-electron chi connectivity index (χ1n) is 8.90. The Bertz CT molecular complexity index is 706. The predicted octanol–water partition coefficient (Wildman–Crippen LogP) is 3.66. The molecule has 0 bridgehead atoms. The van der Waals surface area contributed by atoms with E-state index < -0.39 is 0 Å². The van der Waals surface area contributed by atoms with Crippen molar-refractivity contribution in [2.75, 3.05) is 13.1 Å². The summed E-state index contributed by atoms with van der Waals surface area (Å²) in [5.41, 5.74) is 3.54. The summed E-state index contributed by atoms with van der Waals surface area (Å²) >= 11 is 0. The molecule has 3 nitrogen and oxygen atoms in total. The molecule has 0 aromatic heterocycles. The molecule has 1 heterocycles. The minimum Gasteiger partial charge on any atom is -0.352 e. The largest absolute Gasteiger partial charge is 0.352 e. The number of carbonyl (C=O) groups excluding carboxylic acids is 1. The second-order valence-electron chi connectivity index (χ2n) is 6.88. The molecule has 0 radical (unpaired) electrons. The van der Waals surface area contributed by atoms with Gasteiger partial charge in [-0.05, 0) is 56.1 Å². The molecule has 0 saturated carbocycles. The number of benzene rings is 2. The minimum atomic E-state index is -0.254. The van der Waals surface area contributed by atoms with Crippen LogP contribution in [0.25, 0.3) is 0 Å². The first-order chi connectivity index (χ1) is 12.1. The van der Waals surface area contributed by atoms with Crippen molar-refractivity contribution in [3.8, 4) is 0 Å². The van der Waals surface area contributed by atoms with Gasteiger partial charge in [0.25, 0.3) is 0 Å². The Morgan fingerprint density at radius 2 is 1.84 bits per heavy atom. The van der Waals surface area contributed by atoms with Gasteiger partial charge in [-0.15, -0.1) is 0 Å². The number of carbonyl (C=O) groups is 1. The Morgan fingerprint density at radius 3 is 2.52 bits per heavy atom. The van der Waals surface area contributed by atoms with E-state index in [1.54, 1.807) is 12.1 Å². The van der Waals surface area contributed by atoms with Gasteiger partial charge in [0.05, 0.1) is 0 Å². The molecule has 1 amide bonds. The van der Waals surface area contributed by atoms with E-state index in [4.69, 9.17) is 0 Å². The smallest absolute Gasteiger partial charge is 0.223 e. The topological polar surface area (TPSA) is 32.3 Å². The monoisotopic (exact) mass is 340 g/mol.